The molecule has 0 radical (unpaired) electrons. The highest BCUT2D eigenvalue weighted by atomic mass is 16.3. The Morgan fingerprint density at radius 1 is 0.367 bits per heavy atom. The molecule has 109 heavy (non-hydrogen) atoms. The Balaban J connectivity index is 0.000000144. The fourth-order valence-corrected chi connectivity index (χ4v) is 36.6. The summed E-state index contributed by atoms with van der Waals surface area (Å²) < 4.78 is 0. The average molecular weight is 1510 g/mol. The molecule has 0 heterocycles. The molecule has 0 saturated heterocycles. The van der Waals surface area contributed by atoms with Crippen LogP contribution in [0, 0.1) is 176 Å². The molecule has 33 atom stereocenters. The van der Waals surface area contributed by atoms with Gasteiger partial charge in [-0.2, -0.15) is 0 Å². The summed E-state index contributed by atoms with van der Waals surface area (Å²) >= 11 is 0. The molecule has 0 aromatic heterocycles. The summed E-state index contributed by atoms with van der Waals surface area (Å²) in [6.07, 6.45) is 38.0. The second-order valence-electron chi connectivity index (χ2n) is 45.8. The molecule has 15 fully saturated rings. The maximum atomic E-state index is 11.0. The van der Waals surface area contributed by atoms with Crippen molar-refractivity contribution in [3.05, 3.63) is 73.3 Å². The Hall–Kier alpha value is -2.40. The number of hydrogen-bond acceptors (Lipinski definition) is 9. The van der Waals surface area contributed by atoms with Gasteiger partial charge in [0.1, 0.15) is 0 Å². The van der Waals surface area contributed by atoms with Gasteiger partial charge < -0.3 is 47.2 Å². The molecule has 15 rings (SSSR count). The second-order valence-corrected chi connectivity index (χ2v) is 45.8. The van der Waals surface area contributed by atoms with Gasteiger partial charge >= 0.3 is 0 Å². The number of hydrogen-bond donors (Lipinski definition) is 9. The predicted octanol–water partition coefficient (Wildman–Crippen LogP) is 21.5. The first-order chi connectivity index (χ1) is 51.1. The highest BCUT2D eigenvalue weighted by molar-refractivity contribution is 5.32. The normalized spacial score (nSPS) is 53.6. The van der Waals surface area contributed by atoms with E-state index in [9.17, 15) is 25.5 Å². The van der Waals surface area contributed by atoms with Gasteiger partial charge in [0.15, 0.2) is 0 Å². The predicted molar refractivity (Wildman–Crippen MR) is 454 cm³/mol. The molecule has 0 aliphatic heterocycles. The molecule has 9 nitrogen and oxygen atoms in total. The minimum Gasteiger partial charge on any atom is -0.396 e. The number of fused-ring (bicyclic) bond motifs is 21. The number of aliphatic hydroxyl groups excluding tert-OH is 5. The molecule has 15 aliphatic carbocycles. The van der Waals surface area contributed by atoms with Crippen molar-refractivity contribution in [1.82, 2.24) is 16.0 Å². The lowest BCUT2D eigenvalue weighted by Gasteiger charge is -2.73. The van der Waals surface area contributed by atoms with Gasteiger partial charge in [0.05, 0.1) is 32.0 Å². The number of aliphatic hydroxyl groups is 5. The monoisotopic (exact) mass is 1510 g/mol. The van der Waals surface area contributed by atoms with Crippen LogP contribution in [0.3, 0.4) is 0 Å². The highest BCUT2D eigenvalue weighted by Crippen LogP contribution is 2.83. The SMILES string of the molecule is C=C(C)[C@@H]1CC[C@]2(C(=C)NC)CC[C@]3(C)C(CC[C@@H]4[C@@]5(C)CC[C@H](O)[C@@](C)(CO)[C@@H]5CC[C@]43C)[C@@H]12.C=C(C)[C@@H]1CC[C@]2(C(=C)NCCN)CC[C@]3(C)C(CC[C@@H]4[C@@]5(C)CC[C@H](C)[C@@](C)(CC)[C@@H]5CC[C@]43C)[C@@H]12.C=C(C)[C@@H]1CC[C@]2(C(=C)NCCO)CC[C@]3(C)C(CC[C@@H]4[C@@]5(C)CC[C@H](O)[C@@](C)(CO)[C@@H]5CC[C@]43C)[C@@H]12. The van der Waals surface area contributed by atoms with Crippen molar-refractivity contribution < 1.29 is 25.5 Å². The average Bonchev–Trinajstić information content (AvgIpc) is 1.64. The summed E-state index contributed by atoms with van der Waals surface area (Å²) in [7, 11) is 2.08. The fraction of sp³-hybridized carbons (Fsp3) is 0.880. The molecular weight excluding hydrogens is 1340 g/mol. The third-order valence-corrected chi connectivity index (χ3v) is 43.5. The zero-order valence-electron chi connectivity index (χ0n) is 73.6. The Morgan fingerprint density at radius 2 is 0.688 bits per heavy atom. The third-order valence-electron chi connectivity index (χ3n) is 43.5. The lowest BCUT2D eigenvalue weighted by molar-refractivity contribution is -0.252. The fourth-order valence-electron chi connectivity index (χ4n) is 36.6. The first-order valence-electron chi connectivity index (χ1n) is 46.2. The van der Waals surface area contributed by atoms with E-state index in [2.05, 4.69) is 174 Å². The van der Waals surface area contributed by atoms with E-state index in [0.29, 0.717) is 117 Å². The Kier molecular flexibility index (Phi) is 22.5. The summed E-state index contributed by atoms with van der Waals surface area (Å²) in [6, 6.07) is 0. The number of rotatable bonds is 16. The summed E-state index contributed by atoms with van der Waals surface area (Å²) in [5.41, 5.74) is 17.0. The quantitative estimate of drug-likeness (QED) is 0.0685. The first-order valence-corrected chi connectivity index (χ1v) is 46.2. The molecule has 0 aromatic rings. The van der Waals surface area contributed by atoms with Crippen LogP contribution in [-0.2, 0) is 0 Å². The van der Waals surface area contributed by atoms with Gasteiger partial charge in [0.25, 0.3) is 0 Å². The van der Waals surface area contributed by atoms with E-state index < -0.39 is 6.10 Å². The van der Waals surface area contributed by atoms with Crippen molar-refractivity contribution in [3.63, 3.8) is 0 Å². The Morgan fingerprint density at radius 3 is 0.991 bits per heavy atom. The van der Waals surface area contributed by atoms with E-state index in [1.807, 2.05) is 0 Å². The van der Waals surface area contributed by atoms with E-state index in [-0.39, 0.29) is 74.7 Å². The molecule has 3 unspecified atom stereocenters. The Bertz CT molecular complexity index is 3310. The maximum absolute atomic E-state index is 11.0. The van der Waals surface area contributed by atoms with E-state index in [1.165, 1.54) is 194 Å². The molecule has 0 spiro atoms. The molecule has 0 bridgehead atoms. The van der Waals surface area contributed by atoms with Crippen LogP contribution in [0.4, 0.5) is 0 Å². The second kappa shape index (κ2) is 29.0. The number of allylic oxidation sites excluding steroid dienone is 6. The smallest absolute Gasteiger partial charge is 0.0618 e. The van der Waals surface area contributed by atoms with Gasteiger partial charge in [-0.25, -0.2) is 0 Å². The standard InChI is InChI=1S/C35H60N2.C33H55NO3.C32H53NO2/c1-10-31(6)24(4)13-16-32(7)28(31)15-17-34(9)29(32)12-11-27-30-26(23(2)3)14-18-35(30,20-19-33(27,34)8)25(5)37-22-21-36;1-21(2)23-10-15-33(22(3)34-18-19-35)17-16-31(6)24(28(23)33)8-9-26-29(4)13-12-27(37)30(5,20-36)25(29)11-14-32(26,31)7;1-20(2)22-11-16-32(21(3)33-8)18-17-30(6)23(27(22)32)9-10-25-28(4)14-13-26(35)29(5,19-34)24(28)12-15-31(25,30)7/h24,26-30,37H,2,5,10-22,36H2,1,3-4,6-9H3;23-28,34-37H,1,3,8-20H2,2,4-7H3;22-27,33-35H,1,3,9-19H2,2,4-8H3/t24-,26-,27?,28-,29+,30+,31+,32-,33+,34+,35+;23-,24?,25+,26+,27-,28+,29-,30-,31+,32+,33+;22-,23?,24+,25+,26-,27+,28-,29-,30+,31+,32+/m000/s1. The van der Waals surface area contributed by atoms with Crippen molar-refractivity contribution in [2.45, 2.75) is 329 Å². The van der Waals surface area contributed by atoms with Gasteiger partial charge in [-0.15, -0.1) is 0 Å². The molecule has 0 aromatic carbocycles. The van der Waals surface area contributed by atoms with Crippen LogP contribution in [0.5, 0.6) is 0 Å². The summed E-state index contributed by atoms with van der Waals surface area (Å²) in [6.45, 7) is 72.8. The molecule has 10 N–H and O–H groups in total. The van der Waals surface area contributed by atoms with E-state index >= 15 is 0 Å². The van der Waals surface area contributed by atoms with Gasteiger partial charge in [0, 0.05) is 70.8 Å². The summed E-state index contributed by atoms with van der Waals surface area (Å²) in [5, 5.41) is 63.3. The van der Waals surface area contributed by atoms with E-state index in [4.69, 9.17) is 12.3 Å². The van der Waals surface area contributed by atoms with Crippen molar-refractivity contribution in [2.24, 2.45) is 182 Å². The van der Waals surface area contributed by atoms with Gasteiger partial charge in [-0.1, -0.05) is 160 Å². The zero-order chi connectivity index (χ0) is 79.6. The van der Waals surface area contributed by atoms with Gasteiger partial charge in [-0.05, 0) is 362 Å². The van der Waals surface area contributed by atoms with Crippen molar-refractivity contribution in [3.8, 4) is 0 Å². The number of nitrogens with two attached hydrogens (primary N) is 1. The van der Waals surface area contributed by atoms with Crippen LogP contribution < -0.4 is 21.7 Å². The molecule has 618 valence electrons. The largest absolute Gasteiger partial charge is 0.396 e. The number of nitrogens with one attached hydrogen (secondary N) is 3. The van der Waals surface area contributed by atoms with Crippen molar-refractivity contribution in [2.75, 3.05) is 46.5 Å². The van der Waals surface area contributed by atoms with Gasteiger partial charge in [-0.3, -0.25) is 0 Å². The van der Waals surface area contributed by atoms with Crippen LogP contribution in [0.15, 0.2) is 73.3 Å². The summed E-state index contributed by atoms with van der Waals surface area (Å²) in [5.74, 6) is 10.6. The first kappa shape index (κ1) is 84.5. The molecule has 0 amide bonds. The third kappa shape index (κ3) is 11.5. The topological polar surface area (TPSA) is 163 Å². The molecule has 15 aliphatic rings. The van der Waals surface area contributed by atoms with Crippen molar-refractivity contribution >= 4 is 0 Å². The van der Waals surface area contributed by atoms with E-state index in [1.54, 1.807) is 0 Å². The maximum Gasteiger partial charge on any atom is 0.0618 e. The van der Waals surface area contributed by atoms with Gasteiger partial charge in [0.2, 0.25) is 0 Å². The van der Waals surface area contributed by atoms with Crippen LogP contribution >= 0.6 is 0 Å². The lowest BCUT2D eigenvalue weighted by atomic mass is 9.31. The highest BCUT2D eigenvalue weighted by Gasteiger charge is 2.76. The molecular formula is C100H168N4O5. The zero-order valence-corrected chi connectivity index (χ0v) is 73.6. The minimum absolute atomic E-state index is 0.0889. The van der Waals surface area contributed by atoms with Crippen LogP contribution in [0.25, 0.3) is 0 Å². The van der Waals surface area contributed by atoms with Crippen LogP contribution in [-0.4, -0.2) is 84.2 Å². The van der Waals surface area contributed by atoms with E-state index in [0.717, 1.165) is 68.7 Å². The minimum atomic E-state index is -0.394. The van der Waals surface area contributed by atoms with Crippen molar-refractivity contribution in [1.29, 1.82) is 0 Å². The van der Waals surface area contributed by atoms with Crippen LogP contribution in [0.2, 0.25) is 0 Å². The van der Waals surface area contributed by atoms with Crippen LogP contribution in [0.1, 0.15) is 317 Å². The summed E-state index contributed by atoms with van der Waals surface area (Å²) in [4.78, 5) is 0. The molecule has 9 heteroatoms. The lowest BCUT2D eigenvalue weighted by Crippen LogP contribution is -2.67. The Labute approximate surface area is 668 Å². The molecule has 15 saturated carbocycles.